The second kappa shape index (κ2) is 9.30. The van der Waals surface area contributed by atoms with E-state index in [0.717, 1.165) is 31.2 Å². The standard InChI is InChI=1S/C23H25N9O2/c1-34-19-11-14(7-10-25-19)18-12-17(20-21(24)28-13-29-32(18)20)22(33)30-15-3-5-16(6-4-15)31-23-26-8-2-9-27-23/h2,7-13,15-16H,3-6H2,1H3,(H,30,33)(H2,24,28,29)(H,26,27,31). The van der Waals surface area contributed by atoms with Crippen molar-refractivity contribution in [1.29, 1.82) is 0 Å². The minimum atomic E-state index is -0.200. The van der Waals surface area contributed by atoms with Crippen molar-refractivity contribution in [1.82, 2.24) is 34.9 Å². The number of amides is 1. The summed E-state index contributed by atoms with van der Waals surface area (Å²) in [6, 6.07) is 7.53. The van der Waals surface area contributed by atoms with E-state index >= 15 is 0 Å². The van der Waals surface area contributed by atoms with Gasteiger partial charge in [-0.3, -0.25) is 4.79 Å². The molecule has 4 heterocycles. The van der Waals surface area contributed by atoms with Crippen molar-refractivity contribution < 1.29 is 9.53 Å². The van der Waals surface area contributed by atoms with Crippen molar-refractivity contribution in [3.05, 3.63) is 54.7 Å². The first-order valence-corrected chi connectivity index (χ1v) is 11.1. The molecule has 0 atom stereocenters. The van der Waals surface area contributed by atoms with Crippen LogP contribution in [0.5, 0.6) is 5.88 Å². The zero-order chi connectivity index (χ0) is 23.5. The summed E-state index contributed by atoms with van der Waals surface area (Å²) in [5, 5.41) is 10.9. The molecule has 0 saturated heterocycles. The molecule has 5 rings (SSSR count). The maximum Gasteiger partial charge on any atom is 0.253 e. The van der Waals surface area contributed by atoms with Crippen LogP contribution in [0.1, 0.15) is 36.0 Å². The average Bonchev–Trinajstić information content (AvgIpc) is 3.27. The zero-order valence-corrected chi connectivity index (χ0v) is 18.7. The lowest BCUT2D eigenvalue weighted by Gasteiger charge is -2.29. The van der Waals surface area contributed by atoms with Gasteiger partial charge in [-0.15, -0.1) is 0 Å². The van der Waals surface area contributed by atoms with E-state index in [1.54, 1.807) is 48.4 Å². The van der Waals surface area contributed by atoms with Gasteiger partial charge >= 0.3 is 0 Å². The lowest BCUT2D eigenvalue weighted by Crippen LogP contribution is -2.40. The molecule has 1 amide bonds. The summed E-state index contributed by atoms with van der Waals surface area (Å²) in [6.45, 7) is 0. The first-order chi connectivity index (χ1) is 16.6. The smallest absolute Gasteiger partial charge is 0.253 e. The predicted molar refractivity (Wildman–Crippen MR) is 126 cm³/mol. The number of nitrogen functional groups attached to an aromatic ring is 1. The van der Waals surface area contributed by atoms with Crippen LogP contribution >= 0.6 is 0 Å². The van der Waals surface area contributed by atoms with Gasteiger partial charge in [0.2, 0.25) is 11.8 Å². The Balaban J connectivity index is 1.34. The molecule has 0 spiro atoms. The van der Waals surface area contributed by atoms with E-state index in [1.807, 2.05) is 6.07 Å². The number of pyridine rings is 1. The Morgan fingerprint density at radius 1 is 1.06 bits per heavy atom. The molecule has 174 valence electrons. The number of nitrogens with one attached hydrogen (secondary N) is 2. The van der Waals surface area contributed by atoms with Crippen molar-refractivity contribution >= 4 is 23.2 Å². The van der Waals surface area contributed by atoms with Crippen LogP contribution in [-0.4, -0.2) is 54.7 Å². The first-order valence-electron chi connectivity index (χ1n) is 11.1. The van der Waals surface area contributed by atoms with Gasteiger partial charge in [0.1, 0.15) is 11.8 Å². The predicted octanol–water partition coefficient (Wildman–Crippen LogP) is 2.33. The Morgan fingerprint density at radius 3 is 2.59 bits per heavy atom. The third-order valence-electron chi connectivity index (χ3n) is 6.03. The number of hydrogen-bond acceptors (Lipinski definition) is 9. The number of ether oxygens (including phenoxy) is 1. The van der Waals surface area contributed by atoms with Crippen LogP contribution < -0.4 is 21.1 Å². The molecule has 4 aromatic rings. The van der Waals surface area contributed by atoms with E-state index in [2.05, 4.69) is 35.7 Å². The number of nitrogens with zero attached hydrogens (tertiary/aromatic N) is 6. The number of carbonyl (C=O) groups excluding carboxylic acids is 1. The number of carbonyl (C=O) groups is 1. The molecule has 1 fully saturated rings. The summed E-state index contributed by atoms with van der Waals surface area (Å²) in [5.74, 6) is 1.13. The normalized spacial score (nSPS) is 17.9. The third-order valence-corrected chi connectivity index (χ3v) is 6.03. The van der Waals surface area contributed by atoms with E-state index in [0.29, 0.717) is 28.6 Å². The van der Waals surface area contributed by atoms with E-state index < -0.39 is 0 Å². The van der Waals surface area contributed by atoms with Crippen molar-refractivity contribution in [3.8, 4) is 17.1 Å². The van der Waals surface area contributed by atoms with Crippen LogP contribution in [0.2, 0.25) is 0 Å². The van der Waals surface area contributed by atoms with Crippen LogP contribution in [0, 0.1) is 0 Å². The van der Waals surface area contributed by atoms with Gasteiger partial charge in [0.25, 0.3) is 5.91 Å². The van der Waals surface area contributed by atoms with E-state index in [1.165, 1.54) is 6.33 Å². The highest BCUT2D eigenvalue weighted by atomic mass is 16.5. The Labute approximate surface area is 195 Å². The lowest BCUT2D eigenvalue weighted by molar-refractivity contribution is 0.0928. The Hall–Kier alpha value is -4.28. The van der Waals surface area contributed by atoms with Crippen molar-refractivity contribution in [2.75, 3.05) is 18.2 Å². The minimum absolute atomic E-state index is 0.0625. The Kier molecular flexibility index (Phi) is 5.90. The van der Waals surface area contributed by atoms with Gasteiger partial charge in [-0.1, -0.05) is 0 Å². The maximum atomic E-state index is 13.3. The quantitative estimate of drug-likeness (QED) is 0.395. The fourth-order valence-electron chi connectivity index (χ4n) is 4.33. The topological polar surface area (TPSA) is 145 Å². The van der Waals surface area contributed by atoms with Crippen molar-refractivity contribution in [3.63, 3.8) is 0 Å². The minimum Gasteiger partial charge on any atom is -0.481 e. The highest BCUT2D eigenvalue weighted by Gasteiger charge is 2.26. The van der Waals surface area contributed by atoms with Crippen molar-refractivity contribution in [2.45, 2.75) is 37.8 Å². The summed E-state index contributed by atoms with van der Waals surface area (Å²) in [4.78, 5) is 30.0. The molecule has 4 aromatic heterocycles. The SMILES string of the molecule is COc1cc(-c2cc(C(=O)NC3CCC(Nc4ncccn4)CC3)c3c(N)ncnn23)ccn1. The Bertz CT molecular complexity index is 1300. The number of nitrogens with two attached hydrogens (primary N) is 1. The van der Waals surface area contributed by atoms with Gasteiger partial charge in [-0.05, 0) is 43.9 Å². The van der Waals surface area contributed by atoms with E-state index in [4.69, 9.17) is 10.5 Å². The zero-order valence-electron chi connectivity index (χ0n) is 18.7. The van der Waals surface area contributed by atoms with E-state index in [9.17, 15) is 4.79 Å². The molecule has 0 aromatic carbocycles. The fourth-order valence-corrected chi connectivity index (χ4v) is 4.33. The molecule has 1 aliphatic carbocycles. The molecule has 0 aliphatic heterocycles. The molecule has 11 heteroatoms. The third kappa shape index (κ3) is 4.32. The fraction of sp³-hybridized carbons (Fsp3) is 0.304. The molecule has 1 aliphatic rings. The van der Waals surface area contributed by atoms with Gasteiger partial charge in [-0.2, -0.15) is 5.10 Å². The molecule has 4 N–H and O–H groups in total. The molecule has 34 heavy (non-hydrogen) atoms. The van der Waals surface area contributed by atoms with Crippen LogP contribution in [0.25, 0.3) is 16.8 Å². The van der Waals surface area contributed by atoms with E-state index in [-0.39, 0.29) is 23.8 Å². The molecular weight excluding hydrogens is 434 g/mol. The summed E-state index contributed by atoms with van der Waals surface area (Å²) >= 11 is 0. The highest BCUT2D eigenvalue weighted by Crippen LogP contribution is 2.29. The molecule has 1 saturated carbocycles. The number of aromatic nitrogens is 6. The monoisotopic (exact) mass is 459 g/mol. The molecule has 0 unspecified atom stereocenters. The highest BCUT2D eigenvalue weighted by molar-refractivity contribution is 6.05. The molecule has 0 radical (unpaired) electrons. The average molecular weight is 460 g/mol. The van der Waals surface area contributed by atoms with Gasteiger partial charge in [0, 0.05) is 42.3 Å². The van der Waals surface area contributed by atoms with Crippen LogP contribution in [-0.2, 0) is 0 Å². The molecule has 0 bridgehead atoms. The van der Waals surface area contributed by atoms with Gasteiger partial charge in [-0.25, -0.2) is 24.5 Å². The van der Waals surface area contributed by atoms with Gasteiger partial charge in [0.15, 0.2) is 5.82 Å². The number of hydrogen-bond donors (Lipinski definition) is 3. The largest absolute Gasteiger partial charge is 0.481 e. The first kappa shape index (κ1) is 21.6. The molecule has 11 nitrogen and oxygen atoms in total. The maximum absolute atomic E-state index is 13.3. The summed E-state index contributed by atoms with van der Waals surface area (Å²) in [5.41, 5.74) is 8.56. The second-order valence-electron chi connectivity index (χ2n) is 8.17. The summed E-state index contributed by atoms with van der Waals surface area (Å²) in [6.07, 6.45) is 9.97. The summed E-state index contributed by atoms with van der Waals surface area (Å²) < 4.78 is 6.87. The summed E-state index contributed by atoms with van der Waals surface area (Å²) in [7, 11) is 1.55. The molecular formula is C23H25N9O2. The van der Waals surface area contributed by atoms with Crippen LogP contribution in [0.4, 0.5) is 11.8 Å². The number of rotatable bonds is 6. The number of fused-ring (bicyclic) bond motifs is 1. The lowest BCUT2D eigenvalue weighted by atomic mass is 9.91. The van der Waals surface area contributed by atoms with Crippen molar-refractivity contribution in [2.24, 2.45) is 0 Å². The van der Waals surface area contributed by atoms with Crippen LogP contribution in [0.15, 0.2) is 49.2 Å². The number of anilines is 2. The van der Waals surface area contributed by atoms with Gasteiger partial charge < -0.3 is 21.1 Å². The number of methoxy groups -OCH3 is 1. The van der Waals surface area contributed by atoms with Crippen LogP contribution in [0.3, 0.4) is 0 Å². The van der Waals surface area contributed by atoms with Gasteiger partial charge in [0.05, 0.1) is 18.4 Å². The second-order valence-corrected chi connectivity index (χ2v) is 8.17. The Morgan fingerprint density at radius 2 is 1.82 bits per heavy atom.